The normalized spacial score (nSPS) is 18.2. The van der Waals surface area contributed by atoms with E-state index >= 15 is 0 Å². The van der Waals surface area contributed by atoms with Gasteiger partial charge in [0.05, 0.1) is 12.9 Å². The lowest BCUT2D eigenvalue weighted by Gasteiger charge is -2.39. The van der Waals surface area contributed by atoms with Gasteiger partial charge < -0.3 is 14.4 Å². The van der Waals surface area contributed by atoms with Crippen LogP contribution < -0.4 is 9.47 Å². The van der Waals surface area contributed by atoms with Crippen LogP contribution in [0.4, 0.5) is 0 Å². The fourth-order valence-electron chi connectivity index (χ4n) is 4.26. The van der Waals surface area contributed by atoms with Crippen LogP contribution in [-0.2, 0) is 11.4 Å². The number of hydrogen-bond donors (Lipinski definition) is 0. The first-order chi connectivity index (χ1) is 16.1. The third-order valence-electron chi connectivity index (χ3n) is 5.95. The summed E-state index contributed by atoms with van der Waals surface area (Å²) < 4.78 is 13.1. The molecule has 1 aromatic heterocycles. The predicted octanol–water partition coefficient (Wildman–Crippen LogP) is 4.74. The number of methoxy groups -OCH3 is 1. The highest BCUT2D eigenvalue weighted by Gasteiger charge is 2.29. The molecule has 0 saturated carbocycles. The minimum Gasteiger partial charge on any atom is -0.497 e. The number of nitrogens with zero attached hydrogens (tertiary/aromatic N) is 4. The van der Waals surface area contributed by atoms with Gasteiger partial charge in [-0.15, -0.1) is 10.2 Å². The first-order valence-corrected chi connectivity index (χ1v) is 12.3. The van der Waals surface area contributed by atoms with Gasteiger partial charge in [0, 0.05) is 17.8 Å². The summed E-state index contributed by atoms with van der Waals surface area (Å²) in [5, 5.41) is 9.45. The maximum atomic E-state index is 13.0. The van der Waals surface area contributed by atoms with Gasteiger partial charge in [-0.05, 0) is 69.5 Å². The van der Waals surface area contributed by atoms with E-state index in [0.717, 1.165) is 30.0 Å². The predicted molar refractivity (Wildman–Crippen MR) is 129 cm³/mol. The molecular weight excluding hydrogens is 436 g/mol. The Morgan fingerprint density at radius 3 is 2.33 bits per heavy atom. The molecule has 8 heteroatoms. The number of aromatic nitrogens is 3. The van der Waals surface area contributed by atoms with Crippen molar-refractivity contribution in [3.05, 3.63) is 60.4 Å². The van der Waals surface area contributed by atoms with Crippen LogP contribution in [0, 0.1) is 0 Å². The number of piperidine rings is 1. The zero-order valence-corrected chi connectivity index (χ0v) is 20.1. The molecule has 1 aliphatic rings. The SMILES string of the molecule is COc1ccc(OCc2nnc(SCC(=O)N3[C@H](C)CCC[C@H]3C)n2-c2ccccc2)cc1. The molecule has 1 fully saturated rings. The summed E-state index contributed by atoms with van der Waals surface area (Å²) in [6, 6.07) is 17.9. The lowest BCUT2D eigenvalue weighted by molar-refractivity contribution is -0.134. The molecular formula is C25H30N4O3S. The molecule has 1 saturated heterocycles. The first-order valence-electron chi connectivity index (χ1n) is 11.3. The van der Waals surface area contributed by atoms with E-state index in [1.165, 1.54) is 18.2 Å². The fourth-order valence-corrected chi connectivity index (χ4v) is 5.10. The van der Waals surface area contributed by atoms with Crippen LogP contribution in [0.2, 0.25) is 0 Å². The standard InChI is InChI=1S/C25H30N4O3S/c1-18-8-7-9-19(2)28(18)24(30)17-33-25-27-26-23(29(25)20-10-5-4-6-11-20)16-32-22-14-12-21(31-3)13-15-22/h4-6,10-15,18-19H,7-9,16-17H2,1-3H3/t18-,19-/m1/s1. The molecule has 0 spiro atoms. The van der Waals surface area contributed by atoms with Gasteiger partial charge in [-0.2, -0.15) is 0 Å². The van der Waals surface area contributed by atoms with Crippen molar-refractivity contribution >= 4 is 17.7 Å². The first kappa shape index (κ1) is 23.2. The van der Waals surface area contributed by atoms with E-state index in [4.69, 9.17) is 9.47 Å². The molecule has 2 atom stereocenters. The van der Waals surface area contributed by atoms with Crippen molar-refractivity contribution in [1.82, 2.24) is 19.7 Å². The van der Waals surface area contributed by atoms with E-state index in [1.807, 2.05) is 64.1 Å². The lowest BCUT2D eigenvalue weighted by atomic mass is 9.98. The average molecular weight is 467 g/mol. The summed E-state index contributed by atoms with van der Waals surface area (Å²) in [5.74, 6) is 2.65. The Labute approximate surface area is 199 Å². The Hall–Kier alpha value is -3.00. The van der Waals surface area contributed by atoms with Crippen molar-refractivity contribution < 1.29 is 14.3 Å². The second-order valence-electron chi connectivity index (χ2n) is 8.25. The molecule has 4 rings (SSSR count). The summed E-state index contributed by atoms with van der Waals surface area (Å²) in [6.07, 6.45) is 3.31. The molecule has 7 nitrogen and oxygen atoms in total. The highest BCUT2D eigenvalue weighted by atomic mass is 32.2. The fraction of sp³-hybridized carbons (Fsp3) is 0.400. The van der Waals surface area contributed by atoms with Gasteiger partial charge in [-0.3, -0.25) is 9.36 Å². The number of rotatable bonds is 8. The second kappa shape index (κ2) is 10.7. The van der Waals surface area contributed by atoms with Crippen LogP contribution in [0.1, 0.15) is 38.9 Å². The summed E-state index contributed by atoms with van der Waals surface area (Å²) in [6.45, 7) is 4.53. The van der Waals surface area contributed by atoms with Crippen LogP contribution in [0.15, 0.2) is 59.8 Å². The van der Waals surface area contributed by atoms with Gasteiger partial charge in [0.25, 0.3) is 0 Å². The molecule has 2 heterocycles. The van der Waals surface area contributed by atoms with Gasteiger partial charge in [-0.25, -0.2) is 0 Å². The zero-order chi connectivity index (χ0) is 23.2. The number of likely N-dealkylation sites (tertiary alicyclic amines) is 1. The third kappa shape index (κ3) is 5.50. The molecule has 33 heavy (non-hydrogen) atoms. The smallest absolute Gasteiger partial charge is 0.233 e. The molecule has 0 N–H and O–H groups in total. The topological polar surface area (TPSA) is 69.5 Å². The van der Waals surface area contributed by atoms with Crippen LogP contribution in [0.25, 0.3) is 5.69 Å². The van der Waals surface area contributed by atoms with E-state index in [-0.39, 0.29) is 24.6 Å². The zero-order valence-electron chi connectivity index (χ0n) is 19.3. The van der Waals surface area contributed by atoms with E-state index in [0.29, 0.717) is 16.7 Å². The maximum absolute atomic E-state index is 13.0. The van der Waals surface area contributed by atoms with Gasteiger partial charge >= 0.3 is 0 Å². The molecule has 0 unspecified atom stereocenters. The summed E-state index contributed by atoms with van der Waals surface area (Å²) in [7, 11) is 1.63. The number of para-hydroxylation sites is 1. The number of carbonyl (C=O) groups is 1. The van der Waals surface area contributed by atoms with E-state index in [2.05, 4.69) is 24.0 Å². The molecule has 3 aromatic rings. The van der Waals surface area contributed by atoms with Crippen molar-refractivity contribution in [2.24, 2.45) is 0 Å². The van der Waals surface area contributed by atoms with Crippen molar-refractivity contribution in [3.63, 3.8) is 0 Å². The number of ether oxygens (including phenoxy) is 2. The average Bonchev–Trinajstić information content (AvgIpc) is 3.25. The number of benzene rings is 2. The molecule has 1 aliphatic heterocycles. The van der Waals surface area contributed by atoms with Crippen molar-refractivity contribution in [2.75, 3.05) is 12.9 Å². The molecule has 0 radical (unpaired) electrons. The monoisotopic (exact) mass is 466 g/mol. The largest absolute Gasteiger partial charge is 0.497 e. The molecule has 0 aliphatic carbocycles. The van der Waals surface area contributed by atoms with Crippen LogP contribution in [0.5, 0.6) is 11.5 Å². The van der Waals surface area contributed by atoms with Crippen LogP contribution >= 0.6 is 11.8 Å². The lowest BCUT2D eigenvalue weighted by Crippen LogP contribution is -2.48. The summed E-state index contributed by atoms with van der Waals surface area (Å²) in [4.78, 5) is 15.1. The van der Waals surface area contributed by atoms with E-state index in [1.54, 1.807) is 7.11 Å². The Kier molecular flexibility index (Phi) is 7.54. The number of hydrogen-bond acceptors (Lipinski definition) is 6. The summed E-state index contributed by atoms with van der Waals surface area (Å²) in [5.41, 5.74) is 0.936. The number of thioether (sulfide) groups is 1. The number of carbonyl (C=O) groups excluding carboxylic acids is 1. The highest BCUT2D eigenvalue weighted by molar-refractivity contribution is 7.99. The van der Waals surface area contributed by atoms with Crippen LogP contribution in [-0.4, -0.2) is 50.5 Å². The van der Waals surface area contributed by atoms with E-state index in [9.17, 15) is 4.79 Å². The second-order valence-corrected chi connectivity index (χ2v) is 9.20. The third-order valence-corrected chi connectivity index (χ3v) is 6.86. The minimum atomic E-state index is 0.151. The Morgan fingerprint density at radius 2 is 1.67 bits per heavy atom. The van der Waals surface area contributed by atoms with Crippen molar-refractivity contribution in [1.29, 1.82) is 0 Å². The Morgan fingerprint density at radius 1 is 1.00 bits per heavy atom. The minimum absolute atomic E-state index is 0.151. The molecule has 174 valence electrons. The van der Waals surface area contributed by atoms with E-state index < -0.39 is 0 Å². The van der Waals surface area contributed by atoms with Gasteiger partial charge in [0.15, 0.2) is 11.0 Å². The molecule has 0 bridgehead atoms. The van der Waals surface area contributed by atoms with Crippen molar-refractivity contribution in [2.45, 2.75) is 57.0 Å². The van der Waals surface area contributed by atoms with Gasteiger partial charge in [0.2, 0.25) is 5.91 Å². The quantitative estimate of drug-likeness (QED) is 0.447. The molecule has 2 aromatic carbocycles. The van der Waals surface area contributed by atoms with Crippen LogP contribution in [0.3, 0.4) is 0 Å². The highest BCUT2D eigenvalue weighted by Crippen LogP contribution is 2.27. The molecule has 1 amide bonds. The Balaban J connectivity index is 1.50. The van der Waals surface area contributed by atoms with Gasteiger partial charge in [-0.1, -0.05) is 30.0 Å². The summed E-state index contributed by atoms with van der Waals surface area (Å²) >= 11 is 1.42. The Bertz CT molecular complexity index is 1050. The van der Waals surface area contributed by atoms with Gasteiger partial charge in [0.1, 0.15) is 18.1 Å². The number of amides is 1. The van der Waals surface area contributed by atoms with Crippen molar-refractivity contribution in [3.8, 4) is 17.2 Å². The maximum Gasteiger partial charge on any atom is 0.233 e.